The van der Waals surface area contributed by atoms with Gasteiger partial charge in [-0.1, -0.05) is 34.1 Å². The zero-order chi connectivity index (χ0) is 22.4. The van der Waals surface area contributed by atoms with Gasteiger partial charge in [-0.25, -0.2) is 0 Å². The number of benzene rings is 3. The number of methoxy groups -OCH3 is 2. The summed E-state index contributed by atoms with van der Waals surface area (Å²) in [4.78, 5) is 23.7. The van der Waals surface area contributed by atoms with Crippen molar-refractivity contribution in [3.05, 3.63) is 92.4 Å². The van der Waals surface area contributed by atoms with Gasteiger partial charge in [-0.05, 0) is 42.0 Å². The zero-order valence-corrected chi connectivity index (χ0v) is 18.6. The topological polar surface area (TPSA) is 90.7 Å². The average Bonchev–Trinajstić information content (AvgIpc) is 2.78. The highest BCUT2D eigenvalue weighted by atomic mass is 79.9. The molecule has 0 spiro atoms. The number of ketones is 1. The van der Waals surface area contributed by atoms with E-state index in [-0.39, 0.29) is 17.9 Å². The SMILES string of the molecule is COc1ccc(C(=O)CC(Nc2cccc([N+](=O)[O-])c2)c2ccc(Br)cc2)cc1OC. The Hall–Kier alpha value is -3.39. The standard InChI is InChI=1S/C23H21BrN2O5/c1-30-22-11-8-16(12-23(22)31-2)21(27)14-20(15-6-9-17(24)10-7-15)25-18-4-3-5-19(13-18)26(28)29/h3-13,20,25H,14H2,1-2H3. The molecule has 0 aliphatic rings. The number of halogens is 1. The number of nitro groups is 1. The molecule has 1 N–H and O–H groups in total. The summed E-state index contributed by atoms with van der Waals surface area (Å²) < 4.78 is 11.4. The number of hydrogen-bond donors (Lipinski definition) is 1. The Morgan fingerprint density at radius 1 is 1.03 bits per heavy atom. The predicted octanol–water partition coefficient (Wildman–Crippen LogP) is 5.80. The molecule has 0 amide bonds. The van der Waals surface area contributed by atoms with Gasteiger partial charge in [0.15, 0.2) is 17.3 Å². The minimum atomic E-state index is -0.450. The first-order valence-corrected chi connectivity index (χ1v) is 10.2. The van der Waals surface area contributed by atoms with Crippen LogP contribution in [-0.2, 0) is 0 Å². The van der Waals surface area contributed by atoms with E-state index in [4.69, 9.17) is 9.47 Å². The fraction of sp³-hybridized carbons (Fsp3) is 0.174. The summed E-state index contributed by atoms with van der Waals surface area (Å²) in [5.41, 5.74) is 1.90. The normalized spacial score (nSPS) is 11.5. The van der Waals surface area contributed by atoms with Crippen LogP contribution in [-0.4, -0.2) is 24.9 Å². The number of carbonyl (C=O) groups excluding carboxylic acids is 1. The molecule has 0 aromatic heterocycles. The van der Waals surface area contributed by atoms with Crippen LogP contribution in [0.5, 0.6) is 11.5 Å². The first-order valence-electron chi connectivity index (χ1n) is 9.43. The Morgan fingerprint density at radius 3 is 2.39 bits per heavy atom. The zero-order valence-electron chi connectivity index (χ0n) is 17.0. The van der Waals surface area contributed by atoms with E-state index in [1.807, 2.05) is 24.3 Å². The molecule has 0 radical (unpaired) electrons. The minimum Gasteiger partial charge on any atom is -0.493 e. The van der Waals surface area contributed by atoms with Crippen LogP contribution in [0.15, 0.2) is 71.2 Å². The van der Waals surface area contributed by atoms with Crippen molar-refractivity contribution < 1.29 is 19.2 Å². The lowest BCUT2D eigenvalue weighted by molar-refractivity contribution is -0.384. The molecular weight excluding hydrogens is 464 g/mol. The van der Waals surface area contributed by atoms with Gasteiger partial charge < -0.3 is 14.8 Å². The molecule has 3 aromatic rings. The molecule has 0 heterocycles. The summed E-state index contributed by atoms with van der Waals surface area (Å²) in [7, 11) is 3.05. The number of Topliss-reactive ketones (excluding diaryl/α,β-unsaturated/α-hetero) is 1. The van der Waals surface area contributed by atoms with Crippen molar-refractivity contribution in [3.8, 4) is 11.5 Å². The number of hydrogen-bond acceptors (Lipinski definition) is 6. The van der Waals surface area contributed by atoms with Gasteiger partial charge in [-0.3, -0.25) is 14.9 Å². The van der Waals surface area contributed by atoms with E-state index in [1.54, 1.807) is 30.3 Å². The molecule has 8 heteroatoms. The van der Waals surface area contributed by atoms with Crippen LogP contribution in [0.3, 0.4) is 0 Å². The molecule has 31 heavy (non-hydrogen) atoms. The second-order valence-corrected chi connectivity index (χ2v) is 7.67. The summed E-state index contributed by atoms with van der Waals surface area (Å²) in [6, 6.07) is 18.4. The van der Waals surface area contributed by atoms with Crippen molar-refractivity contribution in [1.82, 2.24) is 0 Å². The molecule has 7 nitrogen and oxygen atoms in total. The molecule has 1 unspecified atom stereocenters. The van der Waals surface area contributed by atoms with Crippen LogP contribution in [0.2, 0.25) is 0 Å². The maximum atomic E-state index is 13.1. The third kappa shape index (κ3) is 5.61. The second-order valence-electron chi connectivity index (χ2n) is 6.75. The maximum Gasteiger partial charge on any atom is 0.271 e. The number of non-ortho nitro benzene ring substituents is 1. The number of carbonyl (C=O) groups is 1. The quantitative estimate of drug-likeness (QED) is 0.234. The van der Waals surface area contributed by atoms with Crippen molar-refractivity contribution in [3.63, 3.8) is 0 Å². The van der Waals surface area contributed by atoms with Crippen LogP contribution in [0.25, 0.3) is 0 Å². The highest BCUT2D eigenvalue weighted by molar-refractivity contribution is 9.10. The number of ether oxygens (including phenoxy) is 2. The van der Waals surface area contributed by atoms with Crippen LogP contribution < -0.4 is 14.8 Å². The Morgan fingerprint density at radius 2 is 1.74 bits per heavy atom. The van der Waals surface area contributed by atoms with Crippen LogP contribution in [0.4, 0.5) is 11.4 Å². The van der Waals surface area contributed by atoms with E-state index in [0.29, 0.717) is 22.7 Å². The van der Waals surface area contributed by atoms with Crippen molar-refractivity contribution in [2.75, 3.05) is 19.5 Å². The lowest BCUT2D eigenvalue weighted by Gasteiger charge is -2.20. The van der Waals surface area contributed by atoms with E-state index in [9.17, 15) is 14.9 Å². The van der Waals surface area contributed by atoms with Gasteiger partial charge in [-0.2, -0.15) is 0 Å². The smallest absolute Gasteiger partial charge is 0.271 e. The van der Waals surface area contributed by atoms with Crippen LogP contribution in [0.1, 0.15) is 28.4 Å². The van der Waals surface area contributed by atoms with Gasteiger partial charge in [-0.15, -0.1) is 0 Å². The molecule has 0 fully saturated rings. The van der Waals surface area contributed by atoms with Gasteiger partial charge >= 0.3 is 0 Å². The number of nitrogens with zero attached hydrogens (tertiary/aromatic N) is 1. The summed E-state index contributed by atoms with van der Waals surface area (Å²) in [5, 5.41) is 14.4. The molecule has 1 atom stereocenters. The highest BCUT2D eigenvalue weighted by Crippen LogP contribution is 2.31. The number of rotatable bonds is 9. The van der Waals surface area contributed by atoms with Crippen molar-refractivity contribution in [2.24, 2.45) is 0 Å². The third-order valence-electron chi connectivity index (χ3n) is 4.77. The van der Waals surface area contributed by atoms with Crippen LogP contribution >= 0.6 is 15.9 Å². The largest absolute Gasteiger partial charge is 0.493 e. The third-order valence-corrected chi connectivity index (χ3v) is 5.29. The monoisotopic (exact) mass is 484 g/mol. The van der Waals surface area contributed by atoms with E-state index in [2.05, 4.69) is 21.2 Å². The van der Waals surface area contributed by atoms with Crippen molar-refractivity contribution in [2.45, 2.75) is 12.5 Å². The average molecular weight is 485 g/mol. The Labute approximate surface area is 188 Å². The van der Waals surface area contributed by atoms with Gasteiger partial charge in [0.2, 0.25) is 0 Å². The maximum absolute atomic E-state index is 13.1. The van der Waals surface area contributed by atoms with E-state index < -0.39 is 11.0 Å². The first-order chi connectivity index (χ1) is 14.9. The molecule has 0 saturated heterocycles. The number of nitro benzene ring substituents is 1. The first kappa shape index (κ1) is 22.3. The van der Waals surface area contributed by atoms with Crippen molar-refractivity contribution >= 4 is 33.1 Å². The molecule has 160 valence electrons. The Kier molecular flexibility index (Phi) is 7.25. The number of anilines is 1. The highest BCUT2D eigenvalue weighted by Gasteiger charge is 2.20. The Balaban J connectivity index is 1.90. The molecule has 0 bridgehead atoms. The lowest BCUT2D eigenvalue weighted by atomic mass is 9.97. The molecule has 3 aromatic carbocycles. The fourth-order valence-electron chi connectivity index (χ4n) is 3.17. The van der Waals surface area contributed by atoms with E-state index in [0.717, 1.165) is 10.0 Å². The van der Waals surface area contributed by atoms with E-state index in [1.165, 1.54) is 26.4 Å². The fourth-order valence-corrected chi connectivity index (χ4v) is 3.43. The summed E-state index contributed by atoms with van der Waals surface area (Å²) in [6.07, 6.45) is 0.139. The van der Waals surface area contributed by atoms with Gasteiger partial charge in [0.25, 0.3) is 5.69 Å². The summed E-state index contributed by atoms with van der Waals surface area (Å²) in [5.74, 6) is 0.908. The Bertz CT molecular complexity index is 1090. The summed E-state index contributed by atoms with van der Waals surface area (Å²) >= 11 is 3.42. The number of nitrogens with one attached hydrogen (secondary N) is 1. The molecule has 0 aliphatic carbocycles. The van der Waals surface area contributed by atoms with Gasteiger partial charge in [0.1, 0.15) is 0 Å². The van der Waals surface area contributed by atoms with Crippen LogP contribution in [0, 0.1) is 10.1 Å². The molecule has 0 saturated carbocycles. The second kappa shape index (κ2) is 10.1. The minimum absolute atomic E-state index is 0.0224. The summed E-state index contributed by atoms with van der Waals surface area (Å²) in [6.45, 7) is 0. The molecule has 3 rings (SSSR count). The molecular formula is C23H21BrN2O5. The predicted molar refractivity (Wildman–Crippen MR) is 122 cm³/mol. The van der Waals surface area contributed by atoms with Crippen molar-refractivity contribution in [1.29, 1.82) is 0 Å². The van der Waals surface area contributed by atoms with E-state index >= 15 is 0 Å². The van der Waals surface area contributed by atoms with Gasteiger partial charge in [0, 0.05) is 34.3 Å². The lowest BCUT2D eigenvalue weighted by Crippen LogP contribution is -2.16. The van der Waals surface area contributed by atoms with Gasteiger partial charge in [0.05, 0.1) is 25.2 Å². The molecule has 0 aliphatic heterocycles.